The van der Waals surface area contributed by atoms with Crippen molar-refractivity contribution >= 4 is 5.91 Å². The number of hydrogen-bond donors (Lipinski definition) is 1. The van der Waals surface area contributed by atoms with E-state index in [4.69, 9.17) is 9.72 Å². The van der Waals surface area contributed by atoms with Gasteiger partial charge in [0.2, 0.25) is 5.91 Å². The van der Waals surface area contributed by atoms with E-state index >= 15 is 0 Å². The summed E-state index contributed by atoms with van der Waals surface area (Å²) in [5, 5.41) is 3.42. The van der Waals surface area contributed by atoms with Crippen LogP contribution in [0.15, 0.2) is 54.7 Å². The zero-order chi connectivity index (χ0) is 26.5. The van der Waals surface area contributed by atoms with Crippen LogP contribution in [0.5, 0.6) is 0 Å². The average molecular weight is 523 g/mol. The van der Waals surface area contributed by atoms with Crippen molar-refractivity contribution in [2.24, 2.45) is 11.8 Å². The highest BCUT2D eigenvalue weighted by atomic mass is 19.1. The molecule has 0 radical (unpaired) electrons. The van der Waals surface area contributed by atoms with Gasteiger partial charge in [-0.2, -0.15) is 0 Å². The Kier molecular flexibility index (Phi) is 8.49. The zero-order valence-corrected chi connectivity index (χ0v) is 21.9. The predicted molar refractivity (Wildman–Crippen MR) is 142 cm³/mol. The summed E-state index contributed by atoms with van der Waals surface area (Å²) >= 11 is 0. The molecule has 3 heterocycles. The summed E-state index contributed by atoms with van der Waals surface area (Å²) < 4.78 is 36.8. The number of rotatable bonds is 9. The Morgan fingerprint density at radius 2 is 1.95 bits per heavy atom. The molecule has 2 aliphatic rings. The number of nitrogens with one attached hydrogen (secondary N) is 1. The van der Waals surface area contributed by atoms with E-state index in [0.29, 0.717) is 50.2 Å². The topological polar surface area (TPSA) is 59.4 Å². The quantitative estimate of drug-likeness (QED) is 0.420. The second kappa shape index (κ2) is 12.2. The number of aromatic nitrogens is 2. The summed E-state index contributed by atoms with van der Waals surface area (Å²) in [5.41, 5.74) is 1.56. The number of carbonyl (C=O) groups excluding carboxylic acids is 1. The third-order valence-corrected chi connectivity index (χ3v) is 7.76. The minimum atomic E-state index is -0.525. The predicted octanol–water partition coefficient (Wildman–Crippen LogP) is 5.19. The van der Waals surface area contributed by atoms with Crippen LogP contribution < -0.4 is 5.32 Å². The Labute approximate surface area is 223 Å². The van der Waals surface area contributed by atoms with Gasteiger partial charge in [0, 0.05) is 44.5 Å². The zero-order valence-electron chi connectivity index (χ0n) is 21.9. The van der Waals surface area contributed by atoms with Crippen LogP contribution in [-0.2, 0) is 16.1 Å². The molecule has 2 aromatic carbocycles. The number of halogens is 2. The van der Waals surface area contributed by atoms with Crippen molar-refractivity contribution in [3.05, 3.63) is 77.8 Å². The van der Waals surface area contributed by atoms with Crippen LogP contribution in [0, 0.1) is 23.5 Å². The molecule has 1 amide bonds. The molecule has 1 aromatic heterocycles. The SMILES string of the molecule is CCC(=O)N(C[C@@H]1CCNC1)C(c1nc(-c2cc(F)ccc2F)cn1Cc1ccccc1)C1CCOCC1. The molecule has 38 heavy (non-hydrogen) atoms. The van der Waals surface area contributed by atoms with E-state index in [0.717, 1.165) is 50.0 Å². The highest BCUT2D eigenvalue weighted by Gasteiger charge is 2.37. The van der Waals surface area contributed by atoms with Crippen LogP contribution in [0.25, 0.3) is 11.3 Å². The number of amides is 1. The highest BCUT2D eigenvalue weighted by Crippen LogP contribution is 2.38. The summed E-state index contributed by atoms with van der Waals surface area (Å²) in [6, 6.07) is 13.2. The van der Waals surface area contributed by atoms with E-state index in [1.54, 1.807) is 6.20 Å². The minimum Gasteiger partial charge on any atom is -0.381 e. The number of benzene rings is 2. The van der Waals surface area contributed by atoms with Crippen molar-refractivity contribution in [2.45, 2.75) is 45.2 Å². The van der Waals surface area contributed by atoms with Gasteiger partial charge in [0.15, 0.2) is 0 Å². The Balaban J connectivity index is 1.63. The van der Waals surface area contributed by atoms with Crippen molar-refractivity contribution in [2.75, 3.05) is 32.8 Å². The van der Waals surface area contributed by atoms with Gasteiger partial charge in [0.1, 0.15) is 17.5 Å². The van der Waals surface area contributed by atoms with E-state index in [9.17, 15) is 13.6 Å². The number of imidazole rings is 1. The normalized spacial score (nSPS) is 19.0. The van der Waals surface area contributed by atoms with Crippen LogP contribution in [0.1, 0.15) is 50.0 Å². The third-order valence-electron chi connectivity index (χ3n) is 7.76. The maximum absolute atomic E-state index is 14.9. The van der Waals surface area contributed by atoms with Crippen LogP contribution in [-0.4, -0.2) is 53.2 Å². The van der Waals surface area contributed by atoms with Gasteiger partial charge < -0.3 is 19.5 Å². The van der Waals surface area contributed by atoms with Gasteiger partial charge in [0.05, 0.1) is 11.7 Å². The first kappa shape index (κ1) is 26.5. The van der Waals surface area contributed by atoms with Crippen LogP contribution >= 0.6 is 0 Å². The third kappa shape index (κ3) is 5.97. The molecule has 6 nitrogen and oxygen atoms in total. The number of carbonyl (C=O) groups is 1. The maximum atomic E-state index is 14.9. The largest absolute Gasteiger partial charge is 0.381 e. The lowest BCUT2D eigenvalue weighted by atomic mass is 9.88. The van der Waals surface area contributed by atoms with Crippen molar-refractivity contribution < 1.29 is 18.3 Å². The van der Waals surface area contributed by atoms with Crippen molar-refractivity contribution in [1.29, 1.82) is 0 Å². The molecule has 2 atom stereocenters. The summed E-state index contributed by atoms with van der Waals surface area (Å²) in [6.07, 6.45) is 4.83. The number of nitrogens with zero attached hydrogens (tertiary/aromatic N) is 3. The molecule has 1 N–H and O–H groups in total. The van der Waals surface area contributed by atoms with Gasteiger partial charge in [-0.25, -0.2) is 13.8 Å². The molecule has 3 aromatic rings. The molecule has 5 rings (SSSR count). The first-order chi connectivity index (χ1) is 18.5. The lowest BCUT2D eigenvalue weighted by molar-refractivity contribution is -0.136. The Bertz CT molecular complexity index is 1220. The van der Waals surface area contributed by atoms with Crippen LogP contribution in [0.2, 0.25) is 0 Å². The molecule has 0 aliphatic carbocycles. The maximum Gasteiger partial charge on any atom is 0.222 e. The van der Waals surface area contributed by atoms with Crippen molar-refractivity contribution in [3.63, 3.8) is 0 Å². The smallest absolute Gasteiger partial charge is 0.222 e. The van der Waals surface area contributed by atoms with Gasteiger partial charge in [-0.05, 0) is 68.0 Å². The molecular formula is C30H36F2N4O2. The average Bonchev–Trinajstić information content (AvgIpc) is 3.61. The Hall–Kier alpha value is -3.10. The number of hydrogen-bond acceptors (Lipinski definition) is 4. The van der Waals surface area contributed by atoms with E-state index in [1.165, 1.54) is 6.07 Å². The summed E-state index contributed by atoms with van der Waals surface area (Å²) in [7, 11) is 0. The fraction of sp³-hybridized carbons (Fsp3) is 0.467. The highest BCUT2D eigenvalue weighted by molar-refractivity contribution is 5.76. The molecular weight excluding hydrogens is 486 g/mol. The first-order valence-electron chi connectivity index (χ1n) is 13.7. The molecule has 202 valence electrons. The second-order valence-corrected chi connectivity index (χ2v) is 10.4. The minimum absolute atomic E-state index is 0.0844. The second-order valence-electron chi connectivity index (χ2n) is 10.4. The molecule has 0 spiro atoms. The van der Waals surface area contributed by atoms with Crippen LogP contribution in [0.4, 0.5) is 8.78 Å². The van der Waals surface area contributed by atoms with Crippen molar-refractivity contribution in [3.8, 4) is 11.3 Å². The van der Waals surface area contributed by atoms with Crippen LogP contribution in [0.3, 0.4) is 0 Å². The summed E-state index contributed by atoms with van der Waals surface area (Å²) in [6.45, 7) is 6.14. The molecule has 2 saturated heterocycles. The fourth-order valence-electron chi connectivity index (χ4n) is 5.75. The molecule has 2 aliphatic heterocycles. The molecule has 8 heteroatoms. The summed E-state index contributed by atoms with van der Waals surface area (Å²) in [4.78, 5) is 20.5. The standard InChI is InChI=1S/C30H36F2N4O2/c1-2-28(37)36(19-22-10-13-33-17-22)29(23-11-14-38-15-12-23)30-34-27(25-16-24(31)8-9-26(25)32)20-35(30)18-21-6-4-3-5-7-21/h3-9,16,20,22-23,29,33H,2,10-15,17-19H2,1H3/t22-,29?/m1/s1. The Morgan fingerprint density at radius 1 is 1.16 bits per heavy atom. The Morgan fingerprint density at radius 3 is 2.66 bits per heavy atom. The van der Waals surface area contributed by atoms with Gasteiger partial charge in [-0.3, -0.25) is 4.79 Å². The molecule has 0 saturated carbocycles. The first-order valence-corrected chi connectivity index (χ1v) is 13.7. The van der Waals surface area contributed by atoms with E-state index in [-0.39, 0.29) is 23.4 Å². The van der Waals surface area contributed by atoms with E-state index in [1.807, 2.05) is 46.7 Å². The molecule has 2 fully saturated rings. The van der Waals surface area contributed by atoms with Gasteiger partial charge in [0.25, 0.3) is 0 Å². The lowest BCUT2D eigenvalue weighted by Gasteiger charge is -2.39. The lowest BCUT2D eigenvalue weighted by Crippen LogP contribution is -2.44. The van der Waals surface area contributed by atoms with Gasteiger partial charge >= 0.3 is 0 Å². The summed E-state index contributed by atoms with van der Waals surface area (Å²) in [5.74, 6) is 0.274. The van der Waals surface area contributed by atoms with Gasteiger partial charge in [-0.1, -0.05) is 37.3 Å². The van der Waals surface area contributed by atoms with E-state index in [2.05, 4.69) is 5.32 Å². The number of ether oxygens (including phenoxy) is 1. The monoisotopic (exact) mass is 522 g/mol. The van der Waals surface area contributed by atoms with Crippen molar-refractivity contribution in [1.82, 2.24) is 19.8 Å². The molecule has 1 unspecified atom stereocenters. The van der Waals surface area contributed by atoms with E-state index < -0.39 is 11.6 Å². The van der Waals surface area contributed by atoms with Gasteiger partial charge in [-0.15, -0.1) is 0 Å². The molecule has 0 bridgehead atoms. The fourth-order valence-corrected chi connectivity index (χ4v) is 5.75.